The summed E-state index contributed by atoms with van der Waals surface area (Å²) in [5, 5.41) is 20.8. The van der Waals surface area contributed by atoms with Gasteiger partial charge in [0.15, 0.2) is 0 Å². The summed E-state index contributed by atoms with van der Waals surface area (Å²) in [5.41, 5.74) is 0. The zero-order valence-corrected chi connectivity index (χ0v) is 11.6. The Kier molecular flexibility index (Phi) is 7.25. The van der Waals surface area contributed by atoms with Crippen LogP contribution in [0, 0.1) is 0 Å². The Morgan fingerprint density at radius 2 is 2.05 bits per heavy atom. The van der Waals surface area contributed by atoms with E-state index < -0.39 is 6.10 Å². The molecule has 0 fully saturated rings. The van der Waals surface area contributed by atoms with E-state index in [1.807, 2.05) is 30.4 Å². The Bertz CT molecular complexity index is 355. The fraction of sp³-hybridized carbons (Fsp3) is 0.571. The molecule has 0 spiro atoms. The lowest BCUT2D eigenvalue weighted by Crippen LogP contribution is -2.92. The first-order valence-corrected chi connectivity index (χ1v) is 6.58. The van der Waals surface area contributed by atoms with E-state index >= 15 is 0 Å². The topological polar surface area (TPSA) is 75.5 Å². The monoisotopic (exact) mass is 270 g/mol. The second kappa shape index (κ2) is 8.74. The van der Waals surface area contributed by atoms with Crippen molar-refractivity contribution in [3.63, 3.8) is 0 Å². The molecule has 0 heterocycles. The molecule has 0 aliphatic heterocycles. The molecule has 0 saturated heterocycles. The minimum atomic E-state index is -0.563. The maximum atomic E-state index is 9.81. The lowest BCUT2D eigenvalue weighted by atomic mass is 10.2. The van der Waals surface area contributed by atoms with Crippen LogP contribution in [0.4, 0.5) is 0 Å². The number of benzene rings is 1. The SMILES string of the molecule is CC[C@@H](CO)[NH2+]C[C@@H](O)COc1cccc(OC)c1. The van der Waals surface area contributed by atoms with Crippen LogP contribution in [-0.4, -0.2) is 49.2 Å². The fourth-order valence-corrected chi connectivity index (χ4v) is 1.67. The Balaban J connectivity index is 2.31. The van der Waals surface area contributed by atoms with E-state index in [9.17, 15) is 5.11 Å². The zero-order valence-electron chi connectivity index (χ0n) is 11.6. The second-order valence-electron chi connectivity index (χ2n) is 4.47. The van der Waals surface area contributed by atoms with Gasteiger partial charge in [-0.15, -0.1) is 0 Å². The van der Waals surface area contributed by atoms with Crippen molar-refractivity contribution in [2.45, 2.75) is 25.5 Å². The quantitative estimate of drug-likeness (QED) is 0.579. The number of hydrogen-bond acceptors (Lipinski definition) is 4. The third-order valence-electron chi connectivity index (χ3n) is 2.98. The number of quaternary nitrogens is 1. The van der Waals surface area contributed by atoms with E-state index in [4.69, 9.17) is 14.6 Å². The lowest BCUT2D eigenvalue weighted by Gasteiger charge is -2.15. The average molecular weight is 270 g/mol. The van der Waals surface area contributed by atoms with Crippen LogP contribution in [0.5, 0.6) is 11.5 Å². The predicted octanol–water partition coefficient (Wildman–Crippen LogP) is -0.231. The van der Waals surface area contributed by atoms with Crippen molar-refractivity contribution in [2.24, 2.45) is 0 Å². The molecule has 1 aromatic rings. The minimum absolute atomic E-state index is 0.125. The molecule has 0 radical (unpaired) electrons. The van der Waals surface area contributed by atoms with Crippen LogP contribution >= 0.6 is 0 Å². The number of aliphatic hydroxyl groups is 2. The van der Waals surface area contributed by atoms with Crippen molar-refractivity contribution >= 4 is 0 Å². The Morgan fingerprint density at radius 3 is 2.68 bits per heavy atom. The number of aliphatic hydroxyl groups excluding tert-OH is 2. The second-order valence-corrected chi connectivity index (χ2v) is 4.47. The van der Waals surface area contributed by atoms with Crippen LogP contribution in [0.2, 0.25) is 0 Å². The summed E-state index contributed by atoms with van der Waals surface area (Å²) in [4.78, 5) is 0. The highest BCUT2D eigenvalue weighted by atomic mass is 16.5. The van der Waals surface area contributed by atoms with E-state index in [1.54, 1.807) is 13.2 Å². The van der Waals surface area contributed by atoms with Crippen LogP contribution in [-0.2, 0) is 0 Å². The molecule has 0 saturated carbocycles. The van der Waals surface area contributed by atoms with Gasteiger partial charge in [0.2, 0.25) is 0 Å². The van der Waals surface area contributed by atoms with E-state index in [1.165, 1.54) is 0 Å². The number of hydrogen-bond donors (Lipinski definition) is 3. The molecular weight excluding hydrogens is 246 g/mol. The van der Waals surface area contributed by atoms with Gasteiger partial charge >= 0.3 is 0 Å². The van der Waals surface area contributed by atoms with Crippen molar-refractivity contribution in [2.75, 3.05) is 26.9 Å². The van der Waals surface area contributed by atoms with Crippen molar-refractivity contribution < 1.29 is 25.0 Å². The molecule has 5 heteroatoms. The number of ether oxygens (including phenoxy) is 2. The number of nitrogens with two attached hydrogens (primary N) is 1. The van der Waals surface area contributed by atoms with Crippen LogP contribution in [0.3, 0.4) is 0 Å². The van der Waals surface area contributed by atoms with Gasteiger partial charge in [0.25, 0.3) is 0 Å². The maximum Gasteiger partial charge on any atom is 0.137 e. The maximum absolute atomic E-state index is 9.81. The molecule has 0 amide bonds. The molecule has 108 valence electrons. The highest BCUT2D eigenvalue weighted by Gasteiger charge is 2.12. The van der Waals surface area contributed by atoms with Crippen molar-refractivity contribution in [3.8, 4) is 11.5 Å². The van der Waals surface area contributed by atoms with Gasteiger partial charge in [0.05, 0.1) is 13.7 Å². The van der Waals surface area contributed by atoms with Crippen LogP contribution < -0.4 is 14.8 Å². The van der Waals surface area contributed by atoms with Crippen LogP contribution in [0.15, 0.2) is 24.3 Å². The summed E-state index contributed by atoms with van der Waals surface area (Å²) in [6.45, 7) is 2.88. The summed E-state index contributed by atoms with van der Waals surface area (Å²) in [6, 6.07) is 7.42. The smallest absolute Gasteiger partial charge is 0.137 e. The lowest BCUT2D eigenvalue weighted by molar-refractivity contribution is -0.696. The molecule has 5 nitrogen and oxygen atoms in total. The molecular formula is C14H24NO4+. The molecule has 2 atom stereocenters. The first-order chi connectivity index (χ1) is 9.19. The van der Waals surface area contributed by atoms with E-state index in [2.05, 4.69) is 0 Å². The van der Waals surface area contributed by atoms with Crippen molar-refractivity contribution in [1.29, 1.82) is 0 Å². The fourth-order valence-electron chi connectivity index (χ4n) is 1.67. The van der Waals surface area contributed by atoms with Crippen molar-refractivity contribution in [3.05, 3.63) is 24.3 Å². The number of rotatable bonds is 9. The molecule has 0 unspecified atom stereocenters. The van der Waals surface area contributed by atoms with Gasteiger partial charge in [-0.3, -0.25) is 0 Å². The van der Waals surface area contributed by atoms with Crippen LogP contribution in [0.25, 0.3) is 0 Å². The van der Waals surface area contributed by atoms with Gasteiger partial charge in [0.1, 0.15) is 36.8 Å². The van der Waals surface area contributed by atoms with E-state index in [-0.39, 0.29) is 19.3 Å². The van der Waals surface area contributed by atoms with Gasteiger partial charge < -0.3 is 25.0 Å². The molecule has 4 N–H and O–H groups in total. The summed E-state index contributed by atoms with van der Waals surface area (Å²) in [6.07, 6.45) is 0.312. The van der Waals surface area contributed by atoms with E-state index in [0.29, 0.717) is 12.3 Å². The van der Waals surface area contributed by atoms with Crippen LogP contribution in [0.1, 0.15) is 13.3 Å². The average Bonchev–Trinajstić information content (AvgIpc) is 2.46. The highest BCUT2D eigenvalue weighted by molar-refractivity contribution is 5.32. The summed E-state index contributed by atoms with van der Waals surface area (Å²) >= 11 is 0. The normalized spacial score (nSPS) is 13.9. The minimum Gasteiger partial charge on any atom is -0.497 e. The van der Waals surface area contributed by atoms with Crippen molar-refractivity contribution in [1.82, 2.24) is 0 Å². The molecule has 0 bridgehead atoms. The third kappa shape index (κ3) is 5.92. The molecule has 0 aromatic heterocycles. The Hall–Kier alpha value is -1.30. The first-order valence-electron chi connectivity index (χ1n) is 6.58. The van der Waals surface area contributed by atoms with Gasteiger partial charge in [-0.25, -0.2) is 0 Å². The summed E-state index contributed by atoms with van der Waals surface area (Å²) in [7, 11) is 1.60. The molecule has 19 heavy (non-hydrogen) atoms. The third-order valence-corrected chi connectivity index (χ3v) is 2.98. The predicted molar refractivity (Wildman–Crippen MR) is 72.5 cm³/mol. The summed E-state index contributed by atoms with van der Waals surface area (Å²) < 4.78 is 10.6. The summed E-state index contributed by atoms with van der Waals surface area (Å²) in [5.74, 6) is 1.40. The van der Waals surface area contributed by atoms with Gasteiger partial charge in [-0.05, 0) is 18.6 Å². The van der Waals surface area contributed by atoms with Gasteiger partial charge in [-0.2, -0.15) is 0 Å². The standard InChI is InChI=1S/C14H23NO4/c1-3-11(9-16)15-8-12(17)10-19-14-6-4-5-13(7-14)18-2/h4-7,11-12,15-17H,3,8-10H2,1-2H3/p+1/t11-,12+/m0/s1. The Labute approximate surface area is 114 Å². The largest absolute Gasteiger partial charge is 0.497 e. The Morgan fingerprint density at radius 1 is 1.32 bits per heavy atom. The van der Waals surface area contributed by atoms with E-state index in [0.717, 1.165) is 12.2 Å². The molecule has 0 aliphatic carbocycles. The molecule has 0 aliphatic rings. The van der Waals surface area contributed by atoms with Gasteiger partial charge in [0, 0.05) is 6.07 Å². The first kappa shape index (κ1) is 15.8. The highest BCUT2D eigenvalue weighted by Crippen LogP contribution is 2.18. The van der Waals surface area contributed by atoms with Gasteiger partial charge in [-0.1, -0.05) is 13.0 Å². The molecule has 1 aromatic carbocycles. The molecule has 1 rings (SSSR count). The number of methoxy groups -OCH3 is 1. The zero-order chi connectivity index (χ0) is 14.1.